The van der Waals surface area contributed by atoms with Crippen molar-refractivity contribution in [2.45, 2.75) is 0 Å². The van der Waals surface area contributed by atoms with E-state index < -0.39 is 17.6 Å². The minimum Gasteiger partial charge on any atom is -0.465 e. The Bertz CT molecular complexity index is 950. The second-order valence-electron chi connectivity index (χ2n) is 5.18. The molecule has 8 heteroatoms. The lowest BCUT2D eigenvalue weighted by Crippen LogP contribution is -2.07. The average molecular weight is 356 g/mol. The molecule has 0 saturated carbocycles. The second-order valence-corrected chi connectivity index (χ2v) is 5.18. The van der Waals surface area contributed by atoms with Gasteiger partial charge in [0.25, 0.3) is 0 Å². The van der Waals surface area contributed by atoms with Crippen LogP contribution >= 0.6 is 0 Å². The summed E-state index contributed by atoms with van der Waals surface area (Å²) in [6.07, 6.45) is 1.46. The van der Waals surface area contributed by atoms with E-state index in [1.165, 1.54) is 19.4 Å². The van der Waals surface area contributed by atoms with E-state index in [0.29, 0.717) is 17.1 Å². The topological polar surface area (TPSA) is 76.1 Å². The highest BCUT2D eigenvalue weighted by Crippen LogP contribution is 2.22. The van der Waals surface area contributed by atoms with Gasteiger partial charge in [-0.2, -0.15) is 4.98 Å². The molecule has 3 aromatic rings. The largest absolute Gasteiger partial charge is 0.465 e. The smallest absolute Gasteiger partial charge is 0.339 e. The summed E-state index contributed by atoms with van der Waals surface area (Å²) in [6, 6.07) is 11.5. The van der Waals surface area contributed by atoms with Crippen molar-refractivity contribution in [1.29, 1.82) is 0 Å². The fourth-order valence-electron chi connectivity index (χ4n) is 2.22. The van der Waals surface area contributed by atoms with E-state index in [2.05, 4.69) is 20.6 Å². The number of hydrogen-bond donors (Lipinski definition) is 2. The summed E-state index contributed by atoms with van der Waals surface area (Å²) >= 11 is 0. The van der Waals surface area contributed by atoms with Crippen LogP contribution < -0.4 is 10.6 Å². The van der Waals surface area contributed by atoms with Crippen molar-refractivity contribution < 1.29 is 18.3 Å². The fourth-order valence-corrected chi connectivity index (χ4v) is 2.22. The molecule has 6 nitrogen and oxygen atoms in total. The maximum atomic E-state index is 13.7. The lowest BCUT2D eigenvalue weighted by Gasteiger charge is -2.11. The minimum absolute atomic E-state index is 0.0403. The van der Waals surface area contributed by atoms with Crippen LogP contribution in [-0.4, -0.2) is 23.0 Å². The molecule has 0 atom stereocenters. The number of anilines is 4. The van der Waals surface area contributed by atoms with Crippen molar-refractivity contribution in [3.05, 3.63) is 71.9 Å². The Hall–Kier alpha value is -3.55. The van der Waals surface area contributed by atoms with Gasteiger partial charge in [-0.25, -0.2) is 18.6 Å². The molecule has 0 radical (unpaired) electrons. The van der Waals surface area contributed by atoms with E-state index in [1.807, 2.05) is 0 Å². The number of ether oxygens (including phenoxy) is 1. The molecule has 3 rings (SSSR count). The molecule has 26 heavy (non-hydrogen) atoms. The number of methoxy groups -OCH3 is 1. The van der Waals surface area contributed by atoms with Crippen LogP contribution in [0.5, 0.6) is 0 Å². The number of carbonyl (C=O) groups is 1. The Morgan fingerprint density at radius 1 is 1.04 bits per heavy atom. The Morgan fingerprint density at radius 2 is 1.85 bits per heavy atom. The number of aromatic nitrogens is 2. The fraction of sp³-hybridized carbons (Fsp3) is 0.0556. The zero-order chi connectivity index (χ0) is 18.5. The quantitative estimate of drug-likeness (QED) is 0.672. The highest BCUT2D eigenvalue weighted by Gasteiger charge is 2.12. The molecule has 0 amide bonds. The van der Waals surface area contributed by atoms with Crippen LogP contribution in [-0.2, 0) is 4.74 Å². The SMILES string of the molecule is COC(=O)c1ccccc1Nc1ccnc(Nc2ccc(F)cc2F)n1. The summed E-state index contributed by atoms with van der Waals surface area (Å²) in [4.78, 5) is 20.0. The predicted octanol–water partition coefficient (Wildman–Crippen LogP) is 4.03. The van der Waals surface area contributed by atoms with Gasteiger partial charge in [-0.15, -0.1) is 0 Å². The summed E-state index contributed by atoms with van der Waals surface area (Å²) in [6.45, 7) is 0. The highest BCUT2D eigenvalue weighted by molar-refractivity contribution is 5.96. The van der Waals surface area contributed by atoms with Crippen LogP contribution in [0.15, 0.2) is 54.7 Å². The molecular weight excluding hydrogens is 342 g/mol. The molecular formula is C18H14F2N4O2. The summed E-state index contributed by atoms with van der Waals surface area (Å²) in [5.41, 5.74) is 0.878. The van der Waals surface area contributed by atoms with Crippen molar-refractivity contribution >= 4 is 29.1 Å². The van der Waals surface area contributed by atoms with Crippen molar-refractivity contribution in [2.24, 2.45) is 0 Å². The van der Waals surface area contributed by atoms with Gasteiger partial charge < -0.3 is 15.4 Å². The summed E-state index contributed by atoms with van der Waals surface area (Å²) in [5.74, 6) is -1.45. The van der Waals surface area contributed by atoms with Gasteiger partial charge in [0.2, 0.25) is 5.95 Å². The van der Waals surface area contributed by atoms with Gasteiger partial charge in [0.15, 0.2) is 0 Å². The number of esters is 1. The third kappa shape index (κ3) is 3.92. The normalized spacial score (nSPS) is 10.3. The zero-order valence-corrected chi connectivity index (χ0v) is 13.7. The van der Waals surface area contributed by atoms with Crippen LogP contribution in [0.2, 0.25) is 0 Å². The number of nitrogens with zero attached hydrogens (tertiary/aromatic N) is 2. The summed E-state index contributed by atoms with van der Waals surface area (Å²) in [7, 11) is 1.29. The van der Waals surface area contributed by atoms with Gasteiger partial charge >= 0.3 is 5.97 Å². The molecule has 0 bridgehead atoms. The Morgan fingerprint density at radius 3 is 2.62 bits per heavy atom. The standard InChI is InChI=1S/C18H14F2N4O2/c1-26-17(25)12-4-2-3-5-14(12)22-16-8-9-21-18(24-16)23-15-7-6-11(19)10-13(15)20/h2-10H,1H3,(H2,21,22,23,24). The van der Waals surface area contributed by atoms with E-state index in [1.54, 1.807) is 30.3 Å². The number of hydrogen-bond acceptors (Lipinski definition) is 6. The Kier molecular flexibility index (Phi) is 5.02. The van der Waals surface area contributed by atoms with Crippen molar-refractivity contribution in [2.75, 3.05) is 17.7 Å². The first kappa shape index (κ1) is 17.3. The first-order valence-corrected chi connectivity index (χ1v) is 7.56. The van der Waals surface area contributed by atoms with Crippen LogP contribution in [0.4, 0.5) is 31.9 Å². The van der Waals surface area contributed by atoms with E-state index >= 15 is 0 Å². The van der Waals surface area contributed by atoms with Gasteiger partial charge in [0.05, 0.1) is 24.0 Å². The monoisotopic (exact) mass is 356 g/mol. The van der Waals surface area contributed by atoms with E-state index in [-0.39, 0.29) is 11.6 Å². The number of rotatable bonds is 5. The summed E-state index contributed by atoms with van der Waals surface area (Å²) in [5, 5.41) is 5.67. The predicted molar refractivity (Wildman–Crippen MR) is 92.7 cm³/mol. The zero-order valence-electron chi connectivity index (χ0n) is 13.7. The molecule has 1 aromatic heterocycles. The van der Waals surface area contributed by atoms with Gasteiger partial charge in [0, 0.05) is 12.3 Å². The summed E-state index contributed by atoms with van der Waals surface area (Å²) < 4.78 is 31.5. The van der Waals surface area contributed by atoms with Gasteiger partial charge in [-0.1, -0.05) is 12.1 Å². The molecule has 0 aliphatic heterocycles. The number of carbonyl (C=O) groups excluding carboxylic acids is 1. The molecule has 0 unspecified atom stereocenters. The lowest BCUT2D eigenvalue weighted by atomic mass is 10.2. The van der Waals surface area contributed by atoms with Crippen LogP contribution in [0, 0.1) is 11.6 Å². The Labute approximate surface area is 147 Å². The molecule has 2 N–H and O–H groups in total. The maximum absolute atomic E-state index is 13.7. The van der Waals surface area contributed by atoms with Crippen LogP contribution in [0.3, 0.4) is 0 Å². The van der Waals surface area contributed by atoms with Crippen LogP contribution in [0.25, 0.3) is 0 Å². The lowest BCUT2D eigenvalue weighted by molar-refractivity contribution is 0.0602. The second kappa shape index (κ2) is 7.56. The third-order valence-electron chi connectivity index (χ3n) is 3.43. The number of halogens is 2. The molecule has 132 valence electrons. The first-order valence-electron chi connectivity index (χ1n) is 7.56. The van der Waals surface area contributed by atoms with Gasteiger partial charge in [-0.05, 0) is 30.3 Å². The minimum atomic E-state index is -0.761. The average Bonchev–Trinajstić information content (AvgIpc) is 2.64. The molecule has 0 fully saturated rings. The molecule has 1 heterocycles. The first-order chi connectivity index (χ1) is 12.6. The number of nitrogens with one attached hydrogen (secondary N) is 2. The molecule has 0 aliphatic rings. The number of benzene rings is 2. The van der Waals surface area contributed by atoms with Crippen molar-refractivity contribution in [3.63, 3.8) is 0 Å². The van der Waals surface area contributed by atoms with Crippen molar-refractivity contribution in [1.82, 2.24) is 9.97 Å². The third-order valence-corrected chi connectivity index (χ3v) is 3.43. The molecule has 0 spiro atoms. The van der Waals surface area contributed by atoms with Crippen molar-refractivity contribution in [3.8, 4) is 0 Å². The molecule has 0 saturated heterocycles. The molecule has 2 aromatic carbocycles. The maximum Gasteiger partial charge on any atom is 0.339 e. The number of para-hydroxylation sites is 1. The molecule has 0 aliphatic carbocycles. The van der Waals surface area contributed by atoms with Gasteiger partial charge in [-0.3, -0.25) is 0 Å². The van der Waals surface area contributed by atoms with Gasteiger partial charge in [0.1, 0.15) is 17.5 Å². The van der Waals surface area contributed by atoms with E-state index in [0.717, 1.165) is 12.1 Å². The highest BCUT2D eigenvalue weighted by atomic mass is 19.1. The Balaban J connectivity index is 1.83. The van der Waals surface area contributed by atoms with Crippen LogP contribution in [0.1, 0.15) is 10.4 Å². The van der Waals surface area contributed by atoms with E-state index in [4.69, 9.17) is 4.74 Å². The van der Waals surface area contributed by atoms with E-state index in [9.17, 15) is 13.6 Å².